The number of nitrogens with two attached hydrogens (primary N) is 1. The molecule has 1 heterocycles. The van der Waals surface area contributed by atoms with Crippen LogP contribution in [0, 0.1) is 27.7 Å². The standard InChI is InChI=1S/C17H23N3/c1-10-8-11(2)14(5)17(13(10)4)15-6-7-19-16(20-15)9-12(3)18/h6-8,12H,9,18H2,1-5H3. The van der Waals surface area contributed by atoms with Crippen LogP contribution < -0.4 is 5.73 Å². The summed E-state index contributed by atoms with van der Waals surface area (Å²) in [6.07, 6.45) is 2.54. The summed E-state index contributed by atoms with van der Waals surface area (Å²) in [5.41, 5.74) is 13.3. The van der Waals surface area contributed by atoms with Gasteiger partial charge in [0.1, 0.15) is 5.82 Å². The summed E-state index contributed by atoms with van der Waals surface area (Å²) >= 11 is 0. The van der Waals surface area contributed by atoms with Crippen molar-refractivity contribution in [2.45, 2.75) is 47.1 Å². The highest BCUT2D eigenvalue weighted by molar-refractivity contribution is 5.70. The van der Waals surface area contributed by atoms with Gasteiger partial charge in [-0.15, -0.1) is 0 Å². The molecule has 2 aromatic rings. The first-order valence-corrected chi connectivity index (χ1v) is 7.05. The number of benzene rings is 1. The lowest BCUT2D eigenvalue weighted by Crippen LogP contribution is -2.19. The average Bonchev–Trinajstić information content (AvgIpc) is 2.36. The fraction of sp³-hybridized carbons (Fsp3) is 0.412. The van der Waals surface area contributed by atoms with Crippen LogP contribution in [0.3, 0.4) is 0 Å². The third-order valence-electron chi connectivity index (χ3n) is 3.83. The van der Waals surface area contributed by atoms with E-state index < -0.39 is 0 Å². The molecule has 0 saturated heterocycles. The molecule has 0 saturated carbocycles. The molecular weight excluding hydrogens is 246 g/mol. The highest BCUT2D eigenvalue weighted by atomic mass is 14.9. The van der Waals surface area contributed by atoms with Crippen molar-refractivity contribution in [2.75, 3.05) is 0 Å². The van der Waals surface area contributed by atoms with Crippen molar-refractivity contribution in [2.24, 2.45) is 5.73 Å². The smallest absolute Gasteiger partial charge is 0.130 e. The summed E-state index contributed by atoms with van der Waals surface area (Å²) in [5.74, 6) is 0.815. The molecule has 3 nitrogen and oxygen atoms in total. The monoisotopic (exact) mass is 269 g/mol. The quantitative estimate of drug-likeness (QED) is 0.930. The van der Waals surface area contributed by atoms with Crippen molar-refractivity contribution in [1.82, 2.24) is 9.97 Å². The maximum atomic E-state index is 5.84. The van der Waals surface area contributed by atoms with E-state index in [1.165, 1.54) is 27.8 Å². The van der Waals surface area contributed by atoms with E-state index in [2.05, 4.69) is 38.7 Å². The van der Waals surface area contributed by atoms with Crippen LogP contribution in [0.4, 0.5) is 0 Å². The van der Waals surface area contributed by atoms with Gasteiger partial charge in [0, 0.05) is 24.2 Å². The van der Waals surface area contributed by atoms with Gasteiger partial charge in [0.05, 0.1) is 5.69 Å². The van der Waals surface area contributed by atoms with Crippen LogP contribution in [0.15, 0.2) is 18.3 Å². The molecule has 0 amide bonds. The fourth-order valence-corrected chi connectivity index (χ4v) is 2.53. The maximum absolute atomic E-state index is 5.84. The van der Waals surface area contributed by atoms with Gasteiger partial charge in [0.15, 0.2) is 0 Å². The Labute approximate surface area is 121 Å². The lowest BCUT2D eigenvalue weighted by atomic mass is 9.92. The Balaban J connectivity index is 2.57. The zero-order valence-electron chi connectivity index (χ0n) is 13.0. The average molecular weight is 269 g/mol. The van der Waals surface area contributed by atoms with Crippen LogP contribution in [0.5, 0.6) is 0 Å². The summed E-state index contributed by atoms with van der Waals surface area (Å²) in [5, 5.41) is 0. The van der Waals surface area contributed by atoms with Crippen LogP contribution in [-0.4, -0.2) is 16.0 Å². The summed E-state index contributed by atoms with van der Waals surface area (Å²) in [4.78, 5) is 9.01. The summed E-state index contributed by atoms with van der Waals surface area (Å²) < 4.78 is 0. The number of hydrogen-bond acceptors (Lipinski definition) is 3. The van der Waals surface area contributed by atoms with Crippen molar-refractivity contribution in [1.29, 1.82) is 0 Å². The second-order valence-electron chi connectivity index (χ2n) is 5.67. The van der Waals surface area contributed by atoms with Gasteiger partial charge in [-0.2, -0.15) is 0 Å². The molecule has 1 aromatic carbocycles. The summed E-state index contributed by atoms with van der Waals surface area (Å²) in [6, 6.07) is 4.30. The molecule has 2 rings (SSSR count). The second kappa shape index (κ2) is 5.71. The van der Waals surface area contributed by atoms with E-state index in [1.54, 1.807) is 0 Å². The zero-order valence-corrected chi connectivity index (χ0v) is 13.0. The molecule has 106 valence electrons. The van der Waals surface area contributed by atoms with Gasteiger partial charge < -0.3 is 5.73 Å². The maximum Gasteiger partial charge on any atom is 0.130 e. The van der Waals surface area contributed by atoms with Crippen LogP contribution in [0.25, 0.3) is 11.3 Å². The zero-order chi connectivity index (χ0) is 14.9. The van der Waals surface area contributed by atoms with Crippen molar-refractivity contribution in [3.8, 4) is 11.3 Å². The van der Waals surface area contributed by atoms with Crippen LogP contribution in [0.1, 0.15) is 35.0 Å². The summed E-state index contributed by atoms with van der Waals surface area (Å²) in [6.45, 7) is 10.6. The Morgan fingerprint density at radius 3 is 2.25 bits per heavy atom. The Hall–Kier alpha value is -1.74. The Morgan fingerprint density at radius 1 is 1.10 bits per heavy atom. The fourth-order valence-electron chi connectivity index (χ4n) is 2.53. The topological polar surface area (TPSA) is 51.8 Å². The SMILES string of the molecule is Cc1cc(C)c(C)c(-c2ccnc(CC(C)N)n2)c1C. The van der Waals surface area contributed by atoms with E-state index >= 15 is 0 Å². The van der Waals surface area contributed by atoms with E-state index in [-0.39, 0.29) is 6.04 Å². The van der Waals surface area contributed by atoms with E-state index in [0.717, 1.165) is 11.5 Å². The number of hydrogen-bond donors (Lipinski definition) is 1. The molecule has 1 unspecified atom stereocenters. The van der Waals surface area contributed by atoms with Crippen molar-refractivity contribution < 1.29 is 0 Å². The largest absolute Gasteiger partial charge is 0.328 e. The molecule has 1 atom stereocenters. The normalized spacial score (nSPS) is 12.5. The van der Waals surface area contributed by atoms with Gasteiger partial charge in [-0.05, 0) is 62.9 Å². The summed E-state index contributed by atoms with van der Waals surface area (Å²) in [7, 11) is 0. The molecule has 0 spiro atoms. The Bertz CT molecular complexity index is 604. The van der Waals surface area contributed by atoms with Crippen molar-refractivity contribution in [3.63, 3.8) is 0 Å². The lowest BCUT2D eigenvalue weighted by Gasteiger charge is -2.15. The number of nitrogens with zero attached hydrogens (tertiary/aromatic N) is 2. The minimum absolute atomic E-state index is 0.0756. The third-order valence-corrected chi connectivity index (χ3v) is 3.83. The van der Waals surface area contributed by atoms with Gasteiger partial charge in [-0.25, -0.2) is 9.97 Å². The van der Waals surface area contributed by atoms with Crippen molar-refractivity contribution >= 4 is 0 Å². The Kier molecular flexibility index (Phi) is 4.19. The van der Waals surface area contributed by atoms with Crippen molar-refractivity contribution in [3.05, 3.63) is 46.4 Å². The van der Waals surface area contributed by atoms with Gasteiger partial charge in [0.2, 0.25) is 0 Å². The van der Waals surface area contributed by atoms with Crippen LogP contribution >= 0.6 is 0 Å². The second-order valence-corrected chi connectivity index (χ2v) is 5.67. The molecule has 0 aliphatic carbocycles. The first kappa shape index (κ1) is 14.7. The first-order chi connectivity index (χ1) is 9.40. The minimum Gasteiger partial charge on any atom is -0.328 e. The molecule has 0 aliphatic rings. The molecule has 3 heteroatoms. The Morgan fingerprint density at radius 2 is 1.70 bits per heavy atom. The lowest BCUT2D eigenvalue weighted by molar-refractivity contribution is 0.702. The van der Waals surface area contributed by atoms with E-state index in [4.69, 9.17) is 10.7 Å². The van der Waals surface area contributed by atoms with E-state index in [0.29, 0.717) is 6.42 Å². The highest BCUT2D eigenvalue weighted by Gasteiger charge is 2.12. The molecule has 0 fully saturated rings. The van der Waals surface area contributed by atoms with Gasteiger partial charge >= 0.3 is 0 Å². The molecule has 1 aromatic heterocycles. The highest BCUT2D eigenvalue weighted by Crippen LogP contribution is 2.30. The van der Waals surface area contributed by atoms with Gasteiger partial charge in [0.25, 0.3) is 0 Å². The molecule has 0 aliphatic heterocycles. The molecule has 0 radical (unpaired) electrons. The number of aromatic nitrogens is 2. The number of aryl methyl sites for hydroxylation is 2. The predicted octanol–water partition coefficient (Wildman–Crippen LogP) is 3.27. The first-order valence-electron chi connectivity index (χ1n) is 7.05. The van der Waals surface area contributed by atoms with Crippen LogP contribution in [0.2, 0.25) is 0 Å². The third kappa shape index (κ3) is 2.88. The molecule has 0 bridgehead atoms. The van der Waals surface area contributed by atoms with E-state index in [9.17, 15) is 0 Å². The van der Waals surface area contributed by atoms with Crippen LogP contribution in [-0.2, 0) is 6.42 Å². The number of rotatable bonds is 3. The van der Waals surface area contributed by atoms with Gasteiger partial charge in [-0.1, -0.05) is 6.07 Å². The van der Waals surface area contributed by atoms with E-state index in [1.807, 2.05) is 19.2 Å². The molecule has 20 heavy (non-hydrogen) atoms. The predicted molar refractivity (Wildman–Crippen MR) is 83.8 cm³/mol. The molecule has 2 N–H and O–H groups in total. The molecular formula is C17H23N3. The minimum atomic E-state index is 0.0756. The van der Waals surface area contributed by atoms with Gasteiger partial charge in [-0.3, -0.25) is 0 Å².